The molecule has 0 spiro atoms. The first-order valence-electron chi connectivity index (χ1n) is 9.24. The third-order valence-corrected chi connectivity index (χ3v) is 4.94. The van der Waals surface area contributed by atoms with Crippen molar-refractivity contribution >= 4 is 40.0 Å². The summed E-state index contributed by atoms with van der Waals surface area (Å²) in [7, 11) is 0. The van der Waals surface area contributed by atoms with Crippen molar-refractivity contribution in [1.29, 1.82) is 0 Å². The van der Waals surface area contributed by atoms with Crippen LogP contribution in [0, 0.1) is 6.92 Å². The second kappa shape index (κ2) is 8.08. The first kappa shape index (κ1) is 21.5. The molecule has 0 fully saturated rings. The van der Waals surface area contributed by atoms with Gasteiger partial charge in [0.15, 0.2) is 0 Å². The van der Waals surface area contributed by atoms with Crippen molar-refractivity contribution in [3.8, 4) is 11.3 Å². The van der Waals surface area contributed by atoms with Gasteiger partial charge < -0.3 is 10.4 Å². The Bertz CT molecular complexity index is 1340. The second-order valence-electron chi connectivity index (χ2n) is 6.93. The zero-order valence-electron chi connectivity index (χ0n) is 16.4. The van der Waals surface area contributed by atoms with Crippen molar-refractivity contribution in [2.75, 3.05) is 5.32 Å². The van der Waals surface area contributed by atoms with Crippen LogP contribution < -0.4 is 5.32 Å². The number of nitrogens with one attached hydrogen (secondary N) is 1. The minimum atomic E-state index is -4.46. The molecule has 0 saturated heterocycles. The number of pyridine rings is 3. The number of benzene rings is 1. The Hall–Kier alpha value is -3.72. The van der Waals surface area contributed by atoms with Gasteiger partial charge in [-0.05, 0) is 43.3 Å². The molecule has 3 heterocycles. The number of nitrogens with zero attached hydrogens (tertiary/aromatic N) is 3. The van der Waals surface area contributed by atoms with Gasteiger partial charge in [-0.25, -0.2) is 14.8 Å². The van der Waals surface area contributed by atoms with E-state index in [2.05, 4.69) is 20.3 Å². The fourth-order valence-corrected chi connectivity index (χ4v) is 3.36. The predicted octanol–water partition coefficient (Wildman–Crippen LogP) is 6.11. The van der Waals surface area contributed by atoms with Crippen LogP contribution in [0.3, 0.4) is 0 Å². The number of fused-ring (bicyclic) bond motifs is 1. The lowest BCUT2D eigenvalue weighted by Crippen LogP contribution is -2.06. The number of carboxylic acid groups (broad SMARTS) is 1. The molecule has 0 aliphatic carbocycles. The third kappa shape index (κ3) is 4.33. The van der Waals surface area contributed by atoms with Crippen LogP contribution in [-0.2, 0) is 6.18 Å². The molecule has 0 saturated carbocycles. The van der Waals surface area contributed by atoms with Crippen LogP contribution in [0.4, 0.5) is 24.7 Å². The zero-order chi connectivity index (χ0) is 23.0. The minimum absolute atomic E-state index is 0.141. The van der Waals surface area contributed by atoms with Crippen molar-refractivity contribution in [2.24, 2.45) is 0 Å². The number of alkyl halides is 3. The van der Waals surface area contributed by atoms with Gasteiger partial charge in [0.2, 0.25) is 0 Å². The maximum Gasteiger partial charge on any atom is 0.417 e. The molecular weight excluding hydrogens is 445 g/mol. The molecule has 0 aliphatic heterocycles. The fourth-order valence-electron chi connectivity index (χ4n) is 3.15. The van der Waals surface area contributed by atoms with Gasteiger partial charge in [-0.2, -0.15) is 13.2 Å². The van der Waals surface area contributed by atoms with E-state index in [1.54, 1.807) is 31.2 Å². The monoisotopic (exact) mass is 458 g/mol. The van der Waals surface area contributed by atoms with Crippen molar-refractivity contribution in [1.82, 2.24) is 15.0 Å². The molecule has 0 aliphatic rings. The number of aromatic carboxylic acids is 1. The van der Waals surface area contributed by atoms with E-state index >= 15 is 0 Å². The summed E-state index contributed by atoms with van der Waals surface area (Å²) in [5.74, 6) is -0.930. The number of halogens is 4. The Morgan fingerprint density at radius 3 is 2.50 bits per heavy atom. The minimum Gasteiger partial charge on any atom is -0.477 e. The lowest BCUT2D eigenvalue weighted by molar-refractivity contribution is -0.137. The molecule has 162 valence electrons. The van der Waals surface area contributed by atoms with E-state index in [0.717, 1.165) is 12.3 Å². The first-order valence-corrected chi connectivity index (χ1v) is 9.61. The fraction of sp³-hybridized carbons (Fsp3) is 0.0909. The van der Waals surface area contributed by atoms with Crippen LogP contribution in [0.25, 0.3) is 22.2 Å². The number of aromatic nitrogens is 3. The van der Waals surface area contributed by atoms with Crippen molar-refractivity contribution in [3.63, 3.8) is 0 Å². The highest BCUT2D eigenvalue weighted by Gasteiger charge is 2.30. The Morgan fingerprint density at radius 2 is 1.84 bits per heavy atom. The largest absolute Gasteiger partial charge is 0.477 e. The molecule has 6 nitrogen and oxygen atoms in total. The summed E-state index contributed by atoms with van der Waals surface area (Å²) in [6.45, 7) is 1.77. The average Bonchev–Trinajstić information content (AvgIpc) is 2.73. The molecule has 10 heteroatoms. The van der Waals surface area contributed by atoms with Crippen LogP contribution in [0.2, 0.25) is 5.02 Å². The highest BCUT2D eigenvalue weighted by molar-refractivity contribution is 6.33. The van der Waals surface area contributed by atoms with Gasteiger partial charge in [-0.1, -0.05) is 23.7 Å². The molecule has 4 aromatic rings. The highest BCUT2D eigenvalue weighted by Crippen LogP contribution is 2.33. The summed E-state index contributed by atoms with van der Waals surface area (Å²) in [5, 5.41) is 13.2. The SMILES string of the molecule is Cc1cc(Nc2ccc(C(F)(F)F)cn2)c2ccc(-c3nc(C(=O)O)ccc3Cl)cc2n1. The Labute approximate surface area is 184 Å². The smallest absolute Gasteiger partial charge is 0.417 e. The first-order chi connectivity index (χ1) is 15.1. The standard InChI is InChI=1S/C22H14ClF3N4O2/c1-11-8-17(29-19-7-3-13(10-27-19)22(24,25)26)14-4-2-12(9-18(14)28-11)20-15(23)5-6-16(30-20)21(31)32/h2-10H,1H3,(H,31,32)(H,27,28,29). The number of hydrogen-bond donors (Lipinski definition) is 2. The molecule has 0 atom stereocenters. The van der Waals surface area contributed by atoms with Gasteiger partial charge in [0.05, 0.1) is 27.5 Å². The third-order valence-electron chi connectivity index (χ3n) is 4.63. The predicted molar refractivity (Wildman–Crippen MR) is 114 cm³/mol. The molecule has 0 radical (unpaired) electrons. The molecule has 3 aromatic heterocycles. The normalized spacial score (nSPS) is 11.5. The Kier molecular flexibility index (Phi) is 5.43. The van der Waals surface area contributed by atoms with Crippen molar-refractivity contribution in [3.05, 3.63) is 76.7 Å². The van der Waals surface area contributed by atoms with Crippen LogP contribution in [-0.4, -0.2) is 26.0 Å². The number of rotatable bonds is 4. The van der Waals surface area contributed by atoms with E-state index in [4.69, 9.17) is 11.6 Å². The quantitative estimate of drug-likeness (QED) is 0.383. The molecule has 0 unspecified atom stereocenters. The highest BCUT2D eigenvalue weighted by atomic mass is 35.5. The second-order valence-corrected chi connectivity index (χ2v) is 7.34. The van der Waals surface area contributed by atoms with Crippen LogP contribution in [0.15, 0.2) is 54.7 Å². The molecule has 4 rings (SSSR count). The Morgan fingerprint density at radius 1 is 1.06 bits per heavy atom. The number of anilines is 2. The molecule has 2 N–H and O–H groups in total. The summed E-state index contributed by atoms with van der Waals surface area (Å²) in [4.78, 5) is 23.7. The average molecular weight is 459 g/mol. The van der Waals surface area contributed by atoms with Gasteiger partial charge in [0, 0.05) is 22.8 Å². The summed E-state index contributed by atoms with van der Waals surface area (Å²) in [6, 6.07) is 11.9. The number of carbonyl (C=O) groups is 1. The van der Waals surface area contributed by atoms with Crippen LogP contribution >= 0.6 is 11.6 Å². The topological polar surface area (TPSA) is 88.0 Å². The van der Waals surface area contributed by atoms with E-state index < -0.39 is 17.7 Å². The summed E-state index contributed by atoms with van der Waals surface area (Å²) in [5.41, 5.74) is 1.72. The van der Waals surface area contributed by atoms with E-state index in [0.29, 0.717) is 33.5 Å². The summed E-state index contributed by atoms with van der Waals surface area (Å²) < 4.78 is 38.3. The van der Waals surface area contributed by atoms with Crippen molar-refractivity contribution in [2.45, 2.75) is 13.1 Å². The van der Waals surface area contributed by atoms with E-state index in [1.807, 2.05) is 0 Å². The van der Waals surface area contributed by atoms with Gasteiger partial charge in [0.1, 0.15) is 11.5 Å². The Balaban J connectivity index is 1.74. The molecule has 32 heavy (non-hydrogen) atoms. The van der Waals surface area contributed by atoms with E-state index in [9.17, 15) is 23.1 Å². The maximum atomic E-state index is 12.8. The summed E-state index contributed by atoms with van der Waals surface area (Å²) in [6.07, 6.45) is -3.70. The lowest BCUT2D eigenvalue weighted by atomic mass is 10.1. The van der Waals surface area contributed by atoms with Gasteiger partial charge in [-0.3, -0.25) is 4.98 Å². The lowest BCUT2D eigenvalue weighted by Gasteiger charge is -2.13. The zero-order valence-corrected chi connectivity index (χ0v) is 17.2. The maximum absolute atomic E-state index is 12.8. The molecular formula is C22H14ClF3N4O2. The number of hydrogen-bond acceptors (Lipinski definition) is 5. The van der Waals surface area contributed by atoms with Gasteiger partial charge in [0.25, 0.3) is 0 Å². The molecule has 0 amide bonds. The van der Waals surface area contributed by atoms with Crippen LogP contribution in [0.1, 0.15) is 21.7 Å². The summed E-state index contributed by atoms with van der Waals surface area (Å²) >= 11 is 6.22. The number of carboxylic acids is 1. The van der Waals surface area contributed by atoms with Crippen molar-refractivity contribution < 1.29 is 23.1 Å². The molecule has 1 aromatic carbocycles. The van der Waals surface area contributed by atoms with Gasteiger partial charge >= 0.3 is 12.1 Å². The van der Waals surface area contributed by atoms with Crippen LogP contribution in [0.5, 0.6) is 0 Å². The van der Waals surface area contributed by atoms with Gasteiger partial charge in [-0.15, -0.1) is 0 Å². The van der Waals surface area contributed by atoms with E-state index in [-0.39, 0.29) is 16.5 Å². The van der Waals surface area contributed by atoms with E-state index in [1.165, 1.54) is 18.2 Å². The number of aryl methyl sites for hydroxylation is 1. The molecule has 0 bridgehead atoms.